The van der Waals surface area contributed by atoms with Crippen molar-refractivity contribution in [3.8, 4) is 16.3 Å². The lowest BCUT2D eigenvalue weighted by molar-refractivity contribution is -0.143. The van der Waals surface area contributed by atoms with E-state index in [1.807, 2.05) is 19.2 Å². The Bertz CT molecular complexity index is 1330. The number of benzene rings is 1. The molecular weight excluding hydrogens is 488 g/mol. The predicted octanol–water partition coefficient (Wildman–Crippen LogP) is 2.57. The summed E-state index contributed by atoms with van der Waals surface area (Å²) in [5.41, 5.74) is 6.94. The molecule has 0 aliphatic rings. The number of amides is 3. The van der Waals surface area contributed by atoms with Crippen LogP contribution in [-0.2, 0) is 16.0 Å². The highest BCUT2D eigenvalue weighted by molar-refractivity contribution is 7.13. The van der Waals surface area contributed by atoms with Gasteiger partial charge in [-0.25, -0.2) is 14.6 Å². The van der Waals surface area contributed by atoms with Crippen molar-refractivity contribution in [3.63, 3.8) is 0 Å². The van der Waals surface area contributed by atoms with Crippen LogP contribution in [0, 0.1) is 6.92 Å². The van der Waals surface area contributed by atoms with E-state index in [1.165, 1.54) is 24.5 Å². The lowest BCUT2D eigenvalue weighted by Gasteiger charge is -2.20. The van der Waals surface area contributed by atoms with Gasteiger partial charge in [-0.3, -0.25) is 9.59 Å². The second-order valence-corrected chi connectivity index (χ2v) is 9.03. The van der Waals surface area contributed by atoms with Crippen molar-refractivity contribution in [3.05, 3.63) is 45.3 Å². The number of aliphatic carboxylic acids is 1. The number of nitrogens with zero attached hydrogens (tertiary/aromatic N) is 1. The highest BCUT2D eigenvalue weighted by Crippen LogP contribution is 2.29. The SMILES string of the molecule is CCc1cc2c(=O)c(-c3nc(C)cs3)coc2cc1O[C@@H](C)C(=O)N[C@H](CCCNC(N)=O)C(=O)O. The highest BCUT2D eigenvalue weighted by Gasteiger charge is 2.25. The minimum Gasteiger partial charge on any atom is -0.480 e. The average molecular weight is 517 g/mol. The Balaban J connectivity index is 1.77. The van der Waals surface area contributed by atoms with E-state index in [9.17, 15) is 24.3 Å². The third kappa shape index (κ3) is 6.39. The second kappa shape index (κ2) is 11.7. The van der Waals surface area contributed by atoms with Gasteiger partial charge in [0.2, 0.25) is 5.43 Å². The summed E-state index contributed by atoms with van der Waals surface area (Å²) in [6.45, 7) is 5.41. The van der Waals surface area contributed by atoms with Crippen molar-refractivity contribution in [1.82, 2.24) is 15.6 Å². The molecule has 2 atom stereocenters. The first kappa shape index (κ1) is 26.7. The van der Waals surface area contributed by atoms with E-state index in [2.05, 4.69) is 15.6 Å². The maximum Gasteiger partial charge on any atom is 0.326 e. The number of aryl methyl sites for hydroxylation is 2. The van der Waals surface area contributed by atoms with Crippen LogP contribution in [-0.4, -0.2) is 46.7 Å². The molecule has 0 saturated heterocycles. The lowest BCUT2D eigenvalue weighted by Crippen LogP contribution is -2.46. The number of nitrogens with one attached hydrogen (secondary N) is 2. The molecular formula is C24H28N4O7S. The molecule has 12 heteroatoms. The van der Waals surface area contributed by atoms with Crippen LogP contribution in [0.2, 0.25) is 0 Å². The monoisotopic (exact) mass is 516 g/mol. The Labute approximate surface area is 210 Å². The zero-order valence-corrected chi connectivity index (χ0v) is 20.9. The molecule has 0 unspecified atom stereocenters. The Kier molecular flexibility index (Phi) is 8.64. The molecule has 0 aliphatic carbocycles. The van der Waals surface area contributed by atoms with Crippen LogP contribution >= 0.6 is 11.3 Å². The van der Waals surface area contributed by atoms with Gasteiger partial charge in [0, 0.05) is 23.7 Å². The maximum absolute atomic E-state index is 13.1. The van der Waals surface area contributed by atoms with Gasteiger partial charge in [-0.15, -0.1) is 11.3 Å². The molecule has 0 radical (unpaired) electrons. The molecule has 5 N–H and O–H groups in total. The molecule has 192 valence electrons. The van der Waals surface area contributed by atoms with E-state index in [1.54, 1.807) is 12.1 Å². The van der Waals surface area contributed by atoms with Crippen LogP contribution in [0.15, 0.2) is 33.0 Å². The molecule has 0 bridgehead atoms. The van der Waals surface area contributed by atoms with Gasteiger partial charge in [0.15, 0.2) is 6.10 Å². The Morgan fingerprint density at radius 2 is 2.06 bits per heavy atom. The summed E-state index contributed by atoms with van der Waals surface area (Å²) < 4.78 is 11.6. The largest absolute Gasteiger partial charge is 0.480 e. The first-order valence-corrected chi connectivity index (χ1v) is 12.2. The molecule has 0 aliphatic heterocycles. The molecule has 0 saturated carbocycles. The number of fused-ring (bicyclic) bond motifs is 1. The third-order valence-electron chi connectivity index (χ3n) is 5.44. The van der Waals surface area contributed by atoms with Gasteiger partial charge in [-0.2, -0.15) is 0 Å². The van der Waals surface area contributed by atoms with Crippen molar-refractivity contribution < 1.29 is 28.6 Å². The van der Waals surface area contributed by atoms with Crippen LogP contribution in [0.5, 0.6) is 5.75 Å². The molecule has 0 spiro atoms. The van der Waals surface area contributed by atoms with Gasteiger partial charge in [0.25, 0.3) is 5.91 Å². The lowest BCUT2D eigenvalue weighted by atomic mass is 10.1. The van der Waals surface area contributed by atoms with Gasteiger partial charge in [-0.1, -0.05) is 6.92 Å². The summed E-state index contributed by atoms with van der Waals surface area (Å²) in [5.74, 6) is -1.47. The van der Waals surface area contributed by atoms with E-state index < -0.39 is 30.1 Å². The molecule has 3 rings (SSSR count). The minimum atomic E-state index is -1.21. The molecule has 11 nitrogen and oxygen atoms in total. The van der Waals surface area contributed by atoms with Crippen LogP contribution in [0.4, 0.5) is 4.79 Å². The zero-order valence-electron chi connectivity index (χ0n) is 20.1. The molecule has 3 amide bonds. The molecule has 3 aromatic rings. The van der Waals surface area contributed by atoms with Gasteiger partial charge < -0.3 is 30.6 Å². The number of ether oxygens (including phenoxy) is 1. The van der Waals surface area contributed by atoms with Crippen LogP contribution in [0.3, 0.4) is 0 Å². The fourth-order valence-corrected chi connectivity index (χ4v) is 4.32. The summed E-state index contributed by atoms with van der Waals surface area (Å²) in [6, 6.07) is 1.36. The number of hydrogen-bond acceptors (Lipinski definition) is 8. The van der Waals surface area contributed by atoms with E-state index in [4.69, 9.17) is 14.9 Å². The number of rotatable bonds is 11. The number of hydrogen-bond donors (Lipinski definition) is 4. The van der Waals surface area contributed by atoms with E-state index in [-0.39, 0.29) is 18.4 Å². The number of aromatic nitrogens is 1. The summed E-state index contributed by atoms with van der Waals surface area (Å²) in [5, 5.41) is 17.0. The van der Waals surface area contributed by atoms with E-state index >= 15 is 0 Å². The quantitative estimate of drug-likeness (QED) is 0.281. The number of carbonyl (C=O) groups is 3. The topological polar surface area (TPSA) is 174 Å². The third-order valence-corrected chi connectivity index (χ3v) is 6.44. The Hall–Kier alpha value is -3.93. The number of primary amides is 1. The molecule has 36 heavy (non-hydrogen) atoms. The van der Waals surface area contributed by atoms with Gasteiger partial charge in [-0.05, 0) is 44.7 Å². The Morgan fingerprint density at radius 3 is 2.67 bits per heavy atom. The number of nitrogens with two attached hydrogens (primary N) is 1. The van der Waals surface area contributed by atoms with E-state index in [0.29, 0.717) is 45.7 Å². The normalized spacial score (nSPS) is 12.6. The fraction of sp³-hybridized carbons (Fsp3) is 0.375. The minimum absolute atomic E-state index is 0.0936. The van der Waals surface area contributed by atoms with Gasteiger partial charge in [0.1, 0.15) is 28.6 Å². The van der Waals surface area contributed by atoms with Crippen molar-refractivity contribution in [2.75, 3.05) is 6.54 Å². The van der Waals surface area contributed by atoms with Crippen LogP contribution < -0.4 is 26.5 Å². The second-order valence-electron chi connectivity index (χ2n) is 8.17. The van der Waals surface area contributed by atoms with Crippen molar-refractivity contribution in [2.45, 2.75) is 52.2 Å². The van der Waals surface area contributed by atoms with Crippen molar-refractivity contribution >= 4 is 40.2 Å². The fourth-order valence-electron chi connectivity index (χ4n) is 3.52. The van der Waals surface area contributed by atoms with E-state index in [0.717, 1.165) is 5.69 Å². The maximum atomic E-state index is 13.1. The highest BCUT2D eigenvalue weighted by atomic mass is 32.1. The summed E-state index contributed by atoms with van der Waals surface area (Å²) in [7, 11) is 0. The average Bonchev–Trinajstić information content (AvgIpc) is 3.26. The molecule has 1 aromatic carbocycles. The number of carboxylic acids is 1. The number of urea groups is 1. The standard InChI is InChI=1S/C24H28N4O7S/c1-4-14-8-15-19(34-10-16(20(15)29)22-27-12(2)11-36-22)9-18(14)35-13(3)21(30)28-17(23(31)32)6-5-7-26-24(25)33/h8-11,13,17H,4-7H2,1-3H3,(H,28,30)(H,31,32)(H3,25,26,33)/t13-,17+/m0/s1. The number of carboxylic acid groups (broad SMARTS) is 1. The molecule has 2 aromatic heterocycles. The predicted molar refractivity (Wildman–Crippen MR) is 134 cm³/mol. The summed E-state index contributed by atoms with van der Waals surface area (Å²) in [6.07, 6.45) is 1.25. The van der Waals surface area contributed by atoms with Gasteiger partial charge in [0.05, 0.1) is 10.9 Å². The summed E-state index contributed by atoms with van der Waals surface area (Å²) in [4.78, 5) is 52.4. The van der Waals surface area contributed by atoms with Gasteiger partial charge >= 0.3 is 12.0 Å². The van der Waals surface area contributed by atoms with Crippen LogP contribution in [0.1, 0.15) is 37.9 Å². The summed E-state index contributed by atoms with van der Waals surface area (Å²) >= 11 is 1.36. The first-order valence-electron chi connectivity index (χ1n) is 11.3. The molecule has 0 fully saturated rings. The number of thiazole rings is 1. The molecule has 2 heterocycles. The Morgan fingerprint density at radius 1 is 1.31 bits per heavy atom. The van der Waals surface area contributed by atoms with Crippen molar-refractivity contribution in [2.24, 2.45) is 5.73 Å². The smallest absolute Gasteiger partial charge is 0.326 e. The first-order chi connectivity index (χ1) is 17.1. The zero-order chi connectivity index (χ0) is 26.4. The number of carbonyl (C=O) groups excluding carboxylic acids is 2. The van der Waals surface area contributed by atoms with Crippen LogP contribution in [0.25, 0.3) is 21.5 Å². The van der Waals surface area contributed by atoms with Crippen molar-refractivity contribution in [1.29, 1.82) is 0 Å².